The molecule has 0 aliphatic heterocycles. The van der Waals surface area contributed by atoms with E-state index in [1.165, 1.54) is 31.3 Å². The van der Waals surface area contributed by atoms with Crippen LogP contribution in [0.1, 0.15) is 11.1 Å². The molecule has 0 amide bonds. The molecule has 0 aliphatic carbocycles. The summed E-state index contributed by atoms with van der Waals surface area (Å²) in [4.78, 5) is 3.96. The molecule has 0 unspecified atom stereocenters. The number of aliphatic imine (C=N–C) groups is 1. The Hall–Kier alpha value is -1.93. The highest BCUT2D eigenvalue weighted by atomic mass is 32.1. The van der Waals surface area contributed by atoms with Gasteiger partial charge in [0.15, 0.2) is 0 Å². The fourth-order valence-electron chi connectivity index (χ4n) is 2.48. The topological polar surface area (TPSA) is 12.4 Å². The molecule has 0 N–H and O–H groups in total. The molecule has 3 rings (SSSR count). The molecule has 0 fully saturated rings. The Morgan fingerprint density at radius 2 is 1.95 bits per heavy atom. The Labute approximate surface area is 123 Å². The summed E-state index contributed by atoms with van der Waals surface area (Å²) >= 11 is 1.88. The number of rotatable bonds is 3. The van der Waals surface area contributed by atoms with Crippen molar-refractivity contribution in [3.63, 3.8) is 0 Å². The van der Waals surface area contributed by atoms with Gasteiger partial charge in [0.2, 0.25) is 0 Å². The Bertz CT molecular complexity index is 809. The minimum absolute atomic E-state index is 0.956. The average molecular weight is 279 g/mol. The van der Waals surface area contributed by atoms with Crippen LogP contribution in [-0.4, -0.2) is 13.3 Å². The fraction of sp³-hybridized carbons (Fsp3) is 0.167. The molecule has 1 heterocycles. The van der Waals surface area contributed by atoms with Gasteiger partial charge in [-0.2, -0.15) is 0 Å². The zero-order valence-corrected chi connectivity index (χ0v) is 12.6. The minimum Gasteiger partial charge on any atom is -0.297 e. The summed E-state index contributed by atoms with van der Waals surface area (Å²) in [5.74, 6) is 0. The van der Waals surface area contributed by atoms with E-state index in [1.807, 2.05) is 23.6 Å². The van der Waals surface area contributed by atoms with Crippen LogP contribution in [-0.2, 0) is 6.42 Å². The second kappa shape index (κ2) is 5.59. The Balaban J connectivity index is 2.09. The number of allylic oxidation sites excluding steroid dienone is 2. The lowest BCUT2D eigenvalue weighted by Crippen LogP contribution is -1.86. The van der Waals surface area contributed by atoms with Crippen LogP contribution in [0.25, 0.3) is 20.2 Å². The first kappa shape index (κ1) is 13.1. The molecule has 100 valence electrons. The molecule has 2 aromatic carbocycles. The maximum Gasteiger partial charge on any atom is 0.0358 e. The predicted octanol–water partition coefficient (Wildman–Crippen LogP) is 5.16. The van der Waals surface area contributed by atoms with Gasteiger partial charge in [0.25, 0.3) is 0 Å². The molecule has 0 radical (unpaired) electrons. The van der Waals surface area contributed by atoms with Gasteiger partial charge in [0.1, 0.15) is 0 Å². The van der Waals surface area contributed by atoms with Crippen LogP contribution in [0, 0.1) is 6.92 Å². The van der Waals surface area contributed by atoms with Crippen molar-refractivity contribution in [1.29, 1.82) is 0 Å². The van der Waals surface area contributed by atoms with Crippen molar-refractivity contribution in [3.8, 4) is 0 Å². The third kappa shape index (κ3) is 2.39. The quantitative estimate of drug-likeness (QED) is 0.587. The van der Waals surface area contributed by atoms with Crippen LogP contribution in [0.5, 0.6) is 0 Å². The van der Waals surface area contributed by atoms with Crippen molar-refractivity contribution < 1.29 is 0 Å². The first-order valence-electron chi connectivity index (χ1n) is 6.77. The summed E-state index contributed by atoms with van der Waals surface area (Å²) < 4.78 is 2.75. The standard InChI is InChI=1S/C18H17NS/c1-13-11-18-16(12-14(13)7-5-6-10-19-2)15-8-3-4-9-17(15)20-18/h3-6,8-12H,7H2,1-2H3/b6-5-,19-10?. The predicted molar refractivity (Wildman–Crippen MR) is 91.3 cm³/mol. The van der Waals surface area contributed by atoms with Gasteiger partial charge in [0, 0.05) is 33.4 Å². The molecule has 2 heteroatoms. The molecule has 0 aliphatic rings. The third-order valence-corrected chi connectivity index (χ3v) is 4.68. The molecule has 1 aromatic heterocycles. The summed E-state index contributed by atoms with van der Waals surface area (Å²) in [6.07, 6.45) is 6.96. The number of fused-ring (bicyclic) bond motifs is 3. The van der Waals surface area contributed by atoms with Crippen molar-refractivity contribution in [1.82, 2.24) is 0 Å². The Morgan fingerprint density at radius 3 is 2.80 bits per heavy atom. The van der Waals surface area contributed by atoms with Gasteiger partial charge >= 0.3 is 0 Å². The summed E-state index contributed by atoms with van der Waals surface area (Å²) in [5.41, 5.74) is 2.75. The summed E-state index contributed by atoms with van der Waals surface area (Å²) in [5, 5.41) is 2.75. The van der Waals surface area contributed by atoms with E-state index in [2.05, 4.69) is 54.4 Å². The van der Waals surface area contributed by atoms with Gasteiger partial charge in [-0.1, -0.05) is 24.3 Å². The van der Waals surface area contributed by atoms with Gasteiger partial charge in [-0.3, -0.25) is 4.99 Å². The molecule has 3 aromatic rings. The smallest absolute Gasteiger partial charge is 0.0358 e. The van der Waals surface area contributed by atoms with E-state index in [9.17, 15) is 0 Å². The first-order chi connectivity index (χ1) is 9.79. The van der Waals surface area contributed by atoms with Gasteiger partial charge in [0.05, 0.1) is 0 Å². The molecule has 0 saturated carbocycles. The van der Waals surface area contributed by atoms with E-state index in [4.69, 9.17) is 0 Å². The zero-order valence-electron chi connectivity index (χ0n) is 11.8. The summed E-state index contributed by atoms with van der Waals surface area (Å²) in [7, 11) is 1.79. The van der Waals surface area contributed by atoms with Crippen molar-refractivity contribution in [3.05, 3.63) is 59.7 Å². The molecular weight excluding hydrogens is 262 g/mol. The highest BCUT2D eigenvalue weighted by Gasteiger charge is 2.07. The molecule has 0 atom stereocenters. The second-order valence-electron chi connectivity index (χ2n) is 4.91. The first-order valence-corrected chi connectivity index (χ1v) is 7.59. The highest BCUT2D eigenvalue weighted by molar-refractivity contribution is 7.25. The van der Waals surface area contributed by atoms with Crippen LogP contribution < -0.4 is 0 Å². The van der Waals surface area contributed by atoms with Gasteiger partial charge in [-0.05, 0) is 48.7 Å². The maximum absolute atomic E-state index is 3.96. The normalized spacial score (nSPS) is 12.3. The largest absolute Gasteiger partial charge is 0.297 e. The van der Waals surface area contributed by atoms with E-state index in [1.54, 1.807) is 7.05 Å². The van der Waals surface area contributed by atoms with E-state index >= 15 is 0 Å². The van der Waals surface area contributed by atoms with E-state index in [0.717, 1.165) is 6.42 Å². The van der Waals surface area contributed by atoms with Crippen molar-refractivity contribution in [2.45, 2.75) is 13.3 Å². The van der Waals surface area contributed by atoms with E-state index < -0.39 is 0 Å². The minimum atomic E-state index is 0.956. The number of thiophene rings is 1. The number of nitrogens with zero attached hydrogens (tertiary/aromatic N) is 1. The monoisotopic (exact) mass is 279 g/mol. The molecule has 0 bridgehead atoms. The number of aryl methyl sites for hydroxylation is 1. The second-order valence-corrected chi connectivity index (χ2v) is 6.00. The third-order valence-electron chi connectivity index (χ3n) is 3.54. The fourth-order valence-corrected chi connectivity index (χ4v) is 3.67. The van der Waals surface area contributed by atoms with E-state index in [0.29, 0.717) is 0 Å². The number of benzene rings is 2. The van der Waals surface area contributed by atoms with Crippen molar-refractivity contribution in [2.24, 2.45) is 4.99 Å². The zero-order chi connectivity index (χ0) is 13.9. The molecular formula is C18H17NS. The Morgan fingerprint density at radius 1 is 1.10 bits per heavy atom. The van der Waals surface area contributed by atoms with Crippen LogP contribution in [0.4, 0.5) is 0 Å². The van der Waals surface area contributed by atoms with Crippen LogP contribution in [0.15, 0.2) is 53.5 Å². The average Bonchev–Trinajstić information content (AvgIpc) is 2.81. The Kier molecular flexibility index (Phi) is 3.66. The van der Waals surface area contributed by atoms with Crippen LogP contribution >= 0.6 is 11.3 Å². The summed E-state index contributed by atoms with van der Waals surface area (Å²) in [6.45, 7) is 2.20. The van der Waals surface area contributed by atoms with Gasteiger partial charge < -0.3 is 0 Å². The maximum atomic E-state index is 3.96. The van der Waals surface area contributed by atoms with Crippen LogP contribution in [0.3, 0.4) is 0 Å². The number of hydrogen-bond acceptors (Lipinski definition) is 2. The van der Waals surface area contributed by atoms with Gasteiger partial charge in [-0.15, -0.1) is 11.3 Å². The van der Waals surface area contributed by atoms with Crippen LogP contribution in [0.2, 0.25) is 0 Å². The number of hydrogen-bond donors (Lipinski definition) is 0. The SMILES string of the molecule is CN=C/C=C\Cc1cc2c(cc1C)sc1ccccc12. The van der Waals surface area contributed by atoms with E-state index in [-0.39, 0.29) is 0 Å². The molecule has 0 spiro atoms. The molecule has 0 saturated heterocycles. The molecule has 1 nitrogen and oxygen atoms in total. The lowest BCUT2D eigenvalue weighted by molar-refractivity contribution is 1.23. The van der Waals surface area contributed by atoms with Crippen molar-refractivity contribution in [2.75, 3.05) is 7.05 Å². The molecule has 20 heavy (non-hydrogen) atoms. The lowest BCUT2D eigenvalue weighted by Gasteiger charge is -2.03. The van der Waals surface area contributed by atoms with Crippen molar-refractivity contribution >= 4 is 37.7 Å². The summed E-state index contributed by atoms with van der Waals surface area (Å²) in [6, 6.07) is 13.3. The highest BCUT2D eigenvalue weighted by Crippen LogP contribution is 2.35. The lowest BCUT2D eigenvalue weighted by atomic mass is 10.0. The van der Waals surface area contributed by atoms with Gasteiger partial charge in [-0.25, -0.2) is 0 Å².